The van der Waals surface area contributed by atoms with E-state index in [1.165, 1.54) is 12.1 Å². The van der Waals surface area contributed by atoms with E-state index in [2.05, 4.69) is 22.7 Å². The van der Waals surface area contributed by atoms with Gasteiger partial charge in [0.2, 0.25) is 0 Å². The number of carbonyl (C=O) groups excluding carboxylic acids is 1. The van der Waals surface area contributed by atoms with Crippen LogP contribution in [0.2, 0.25) is 0 Å². The lowest BCUT2D eigenvalue weighted by molar-refractivity contribution is 0.0697. The molecule has 3 N–H and O–H groups in total. The average molecular weight is 344 g/mol. The highest BCUT2D eigenvalue weighted by Crippen LogP contribution is 2.15. The van der Waals surface area contributed by atoms with Gasteiger partial charge in [-0.3, -0.25) is 4.68 Å². The van der Waals surface area contributed by atoms with Gasteiger partial charge in [-0.2, -0.15) is 5.10 Å². The minimum absolute atomic E-state index is 0.226. The molecule has 0 atom stereocenters. The summed E-state index contributed by atoms with van der Waals surface area (Å²) < 4.78 is 1.87. The number of nitrogens with one attached hydrogen (secondary N) is 2. The number of aromatic nitrogens is 2. The molecule has 7 heteroatoms. The Hall–Kier alpha value is -2.83. The van der Waals surface area contributed by atoms with Crippen molar-refractivity contribution in [3.63, 3.8) is 0 Å². The number of hydrogen-bond donors (Lipinski definition) is 3. The lowest BCUT2D eigenvalue weighted by Crippen LogP contribution is -2.34. The van der Waals surface area contributed by atoms with Crippen LogP contribution in [0.4, 0.5) is 4.79 Å². The molecule has 0 bridgehead atoms. The number of carboxylic acids is 1. The van der Waals surface area contributed by atoms with Crippen LogP contribution in [0.15, 0.2) is 24.3 Å². The number of benzene rings is 1. The molecule has 2 rings (SSSR count). The van der Waals surface area contributed by atoms with E-state index < -0.39 is 5.97 Å². The summed E-state index contributed by atoms with van der Waals surface area (Å²) in [5.41, 5.74) is 4.27. The van der Waals surface area contributed by atoms with Crippen molar-refractivity contribution in [3.05, 3.63) is 52.3 Å². The predicted octanol–water partition coefficient (Wildman–Crippen LogP) is 2.24. The largest absolute Gasteiger partial charge is 0.478 e. The summed E-state index contributed by atoms with van der Waals surface area (Å²) in [5, 5.41) is 19.0. The molecular weight excluding hydrogens is 320 g/mol. The highest BCUT2D eigenvalue weighted by atomic mass is 16.4. The van der Waals surface area contributed by atoms with E-state index in [1.807, 2.05) is 18.7 Å². The topological polar surface area (TPSA) is 96.3 Å². The summed E-state index contributed by atoms with van der Waals surface area (Å²) in [6.07, 6.45) is 1.68. The number of aryl methyl sites for hydroxylation is 2. The highest BCUT2D eigenvalue weighted by Gasteiger charge is 2.14. The number of aromatic carboxylic acids is 1. The average Bonchev–Trinajstić information content (AvgIpc) is 2.93. The fourth-order valence-corrected chi connectivity index (χ4v) is 2.77. The Balaban J connectivity index is 1.90. The van der Waals surface area contributed by atoms with Gasteiger partial charge in [-0.15, -0.1) is 0 Å². The molecule has 0 unspecified atom stereocenters. The minimum Gasteiger partial charge on any atom is -0.478 e. The number of carboxylic acid groups (broad SMARTS) is 1. The number of rotatable bonds is 7. The van der Waals surface area contributed by atoms with Crippen molar-refractivity contribution < 1.29 is 14.7 Å². The van der Waals surface area contributed by atoms with Gasteiger partial charge >= 0.3 is 12.0 Å². The fraction of sp³-hybridized carbons (Fsp3) is 0.389. The van der Waals surface area contributed by atoms with Gasteiger partial charge < -0.3 is 15.7 Å². The monoisotopic (exact) mass is 344 g/mol. The van der Waals surface area contributed by atoms with Crippen molar-refractivity contribution in [1.29, 1.82) is 0 Å². The van der Waals surface area contributed by atoms with E-state index in [9.17, 15) is 9.59 Å². The van der Waals surface area contributed by atoms with Crippen molar-refractivity contribution in [2.75, 3.05) is 0 Å². The number of nitrogens with zero attached hydrogens (tertiary/aromatic N) is 2. The van der Waals surface area contributed by atoms with Gasteiger partial charge in [-0.05, 0) is 30.5 Å². The molecule has 0 spiro atoms. The van der Waals surface area contributed by atoms with E-state index in [0.29, 0.717) is 13.1 Å². The molecule has 0 radical (unpaired) electrons. The maximum Gasteiger partial charge on any atom is 0.335 e. The molecular formula is C18H24N4O3. The maximum absolute atomic E-state index is 12.0. The van der Waals surface area contributed by atoms with Crippen LogP contribution in [0.3, 0.4) is 0 Å². The van der Waals surface area contributed by atoms with E-state index in [1.54, 1.807) is 12.1 Å². The van der Waals surface area contributed by atoms with E-state index in [0.717, 1.165) is 35.4 Å². The third kappa shape index (κ3) is 4.59. The molecule has 0 saturated heterocycles. The van der Waals surface area contributed by atoms with Crippen molar-refractivity contribution >= 4 is 12.0 Å². The molecule has 0 saturated carbocycles. The molecule has 0 aliphatic carbocycles. The summed E-state index contributed by atoms with van der Waals surface area (Å²) in [4.78, 5) is 22.8. The zero-order chi connectivity index (χ0) is 18.4. The second-order valence-electron chi connectivity index (χ2n) is 5.74. The third-order valence-corrected chi connectivity index (χ3v) is 4.11. The molecule has 25 heavy (non-hydrogen) atoms. The van der Waals surface area contributed by atoms with Gasteiger partial charge in [0.25, 0.3) is 0 Å². The number of carbonyl (C=O) groups is 2. The van der Waals surface area contributed by atoms with Gasteiger partial charge in [0.1, 0.15) is 0 Å². The zero-order valence-electron chi connectivity index (χ0n) is 14.8. The number of urea groups is 1. The summed E-state index contributed by atoms with van der Waals surface area (Å²) in [6.45, 7) is 4.89. The molecule has 134 valence electrons. The first-order chi connectivity index (χ1) is 12.0. The quantitative estimate of drug-likeness (QED) is 0.718. The Morgan fingerprint density at radius 3 is 2.28 bits per heavy atom. The Morgan fingerprint density at radius 1 is 1.08 bits per heavy atom. The molecule has 0 aliphatic heterocycles. The van der Waals surface area contributed by atoms with Crippen molar-refractivity contribution in [3.8, 4) is 0 Å². The van der Waals surface area contributed by atoms with Gasteiger partial charge in [-0.25, -0.2) is 9.59 Å². The summed E-state index contributed by atoms with van der Waals surface area (Å²) in [7, 11) is 1.92. The Labute approximate surface area is 147 Å². The first-order valence-electron chi connectivity index (χ1n) is 8.33. The molecule has 1 heterocycles. The second-order valence-corrected chi connectivity index (χ2v) is 5.74. The minimum atomic E-state index is -0.966. The van der Waals surface area contributed by atoms with Crippen molar-refractivity contribution in [1.82, 2.24) is 20.4 Å². The fourth-order valence-electron chi connectivity index (χ4n) is 2.77. The van der Waals surface area contributed by atoms with Crippen LogP contribution in [0.5, 0.6) is 0 Å². The molecule has 1 aromatic carbocycles. The molecule has 0 fully saturated rings. The van der Waals surface area contributed by atoms with Gasteiger partial charge in [0, 0.05) is 31.4 Å². The third-order valence-electron chi connectivity index (χ3n) is 4.11. The van der Waals surface area contributed by atoms with E-state index in [4.69, 9.17) is 5.11 Å². The molecule has 2 amide bonds. The number of hydrogen-bond acceptors (Lipinski definition) is 3. The van der Waals surface area contributed by atoms with Crippen LogP contribution in [-0.4, -0.2) is 26.9 Å². The van der Waals surface area contributed by atoms with Crippen LogP contribution in [-0.2, 0) is 33.0 Å². The second kappa shape index (κ2) is 8.32. The maximum atomic E-state index is 12.0. The Kier molecular flexibility index (Phi) is 6.16. The van der Waals surface area contributed by atoms with Crippen molar-refractivity contribution in [2.24, 2.45) is 7.05 Å². The first kappa shape index (κ1) is 18.5. The highest BCUT2D eigenvalue weighted by molar-refractivity contribution is 5.87. The summed E-state index contributed by atoms with van der Waals surface area (Å²) in [5.74, 6) is -0.966. The summed E-state index contributed by atoms with van der Waals surface area (Å²) in [6, 6.07) is 6.15. The van der Waals surface area contributed by atoms with E-state index >= 15 is 0 Å². The van der Waals surface area contributed by atoms with Crippen LogP contribution in [0, 0.1) is 0 Å². The Bertz CT molecular complexity index is 750. The van der Waals surface area contributed by atoms with Crippen LogP contribution in [0.1, 0.15) is 46.7 Å². The molecule has 0 aliphatic rings. The van der Waals surface area contributed by atoms with Crippen LogP contribution in [0.25, 0.3) is 0 Å². The number of amides is 2. The van der Waals surface area contributed by atoms with Crippen molar-refractivity contribution in [2.45, 2.75) is 39.8 Å². The first-order valence-corrected chi connectivity index (χ1v) is 8.33. The van der Waals surface area contributed by atoms with E-state index in [-0.39, 0.29) is 11.6 Å². The smallest absolute Gasteiger partial charge is 0.335 e. The van der Waals surface area contributed by atoms with Gasteiger partial charge in [0.05, 0.1) is 11.3 Å². The Morgan fingerprint density at radius 2 is 1.72 bits per heavy atom. The zero-order valence-corrected chi connectivity index (χ0v) is 14.8. The summed E-state index contributed by atoms with van der Waals surface area (Å²) >= 11 is 0. The lowest BCUT2D eigenvalue weighted by Gasteiger charge is -2.09. The van der Waals surface area contributed by atoms with Gasteiger partial charge in [-0.1, -0.05) is 26.0 Å². The molecule has 1 aromatic heterocycles. The van der Waals surface area contributed by atoms with Gasteiger partial charge in [0.15, 0.2) is 0 Å². The van der Waals surface area contributed by atoms with Crippen LogP contribution < -0.4 is 10.6 Å². The SMILES string of the molecule is CCc1nn(C)c(CC)c1CNC(=O)NCc1ccc(C(=O)O)cc1. The van der Waals surface area contributed by atoms with Crippen LogP contribution >= 0.6 is 0 Å². The normalized spacial score (nSPS) is 10.5. The molecule has 2 aromatic rings. The predicted molar refractivity (Wildman–Crippen MR) is 94.4 cm³/mol. The lowest BCUT2D eigenvalue weighted by atomic mass is 10.1. The standard InChI is InChI=1S/C18H24N4O3/c1-4-15-14(16(5-2)22(3)21-15)11-20-18(25)19-10-12-6-8-13(9-7-12)17(23)24/h6-9H,4-5,10-11H2,1-3H3,(H,23,24)(H2,19,20,25). The molecule has 7 nitrogen and oxygen atoms in total.